The van der Waals surface area contributed by atoms with E-state index < -0.39 is 17.2 Å². The van der Waals surface area contributed by atoms with Gasteiger partial charge < -0.3 is 9.84 Å². The van der Waals surface area contributed by atoms with Crippen LogP contribution in [0.25, 0.3) is 17.2 Å². The molecule has 0 saturated heterocycles. The highest BCUT2D eigenvalue weighted by atomic mass is 16.5. The van der Waals surface area contributed by atoms with E-state index in [1.165, 1.54) is 11.1 Å². The Morgan fingerprint density at radius 1 is 1.06 bits per heavy atom. The zero-order chi connectivity index (χ0) is 25.1. The molecule has 0 unspecified atom stereocenters. The number of carbonyl (C=O) groups excluding carboxylic acids is 1. The molecule has 0 fully saturated rings. The van der Waals surface area contributed by atoms with E-state index in [1.807, 2.05) is 6.07 Å². The van der Waals surface area contributed by atoms with Crippen molar-refractivity contribution in [2.45, 2.75) is 26.4 Å². The largest absolute Gasteiger partial charge is 0.352 e. The molecule has 0 atom stereocenters. The molecule has 0 bridgehead atoms. The highest BCUT2D eigenvalue weighted by molar-refractivity contribution is 5.89. The summed E-state index contributed by atoms with van der Waals surface area (Å²) in [5, 5.41) is 10.7. The van der Waals surface area contributed by atoms with Crippen molar-refractivity contribution in [3.63, 3.8) is 0 Å². The van der Waals surface area contributed by atoms with Crippen molar-refractivity contribution in [1.29, 1.82) is 0 Å². The van der Waals surface area contributed by atoms with Gasteiger partial charge in [-0.25, -0.2) is 4.79 Å². The minimum absolute atomic E-state index is 0.131. The Hall–Kier alpha value is -4.38. The van der Waals surface area contributed by atoms with E-state index in [1.54, 1.807) is 37.3 Å². The molecule has 1 aliphatic heterocycles. The van der Waals surface area contributed by atoms with Crippen molar-refractivity contribution >= 4 is 5.91 Å². The van der Waals surface area contributed by atoms with Crippen LogP contribution in [0.15, 0.2) is 68.7 Å². The van der Waals surface area contributed by atoms with Crippen LogP contribution < -0.4 is 16.6 Å². The summed E-state index contributed by atoms with van der Waals surface area (Å²) >= 11 is 0. The lowest BCUT2D eigenvalue weighted by Gasteiger charge is -2.28. The summed E-state index contributed by atoms with van der Waals surface area (Å²) in [6.07, 6.45) is 0.977. The van der Waals surface area contributed by atoms with E-state index in [0.29, 0.717) is 18.8 Å². The Bertz CT molecular complexity index is 1510. The number of nitrogens with one attached hydrogen (secondary N) is 1. The fourth-order valence-corrected chi connectivity index (χ4v) is 4.23. The maximum Gasteiger partial charge on any atom is 0.352 e. The fraction of sp³-hybridized carbons (Fsp3) is 0.280. The first-order valence-electron chi connectivity index (χ1n) is 11.8. The Balaban J connectivity index is 1.30. The molecule has 4 aromatic rings. The Morgan fingerprint density at radius 2 is 1.81 bits per heavy atom. The molecule has 0 saturated carbocycles. The number of nitrogens with zero attached hydrogens (tertiary/aromatic N) is 6. The molecule has 11 nitrogen and oxygen atoms in total. The smallest absolute Gasteiger partial charge is 0.347 e. The van der Waals surface area contributed by atoms with Crippen molar-refractivity contribution in [3.05, 3.63) is 92.5 Å². The molecule has 0 radical (unpaired) electrons. The lowest BCUT2D eigenvalue weighted by molar-refractivity contribution is 0.0903. The molecule has 1 amide bonds. The first-order chi connectivity index (χ1) is 17.5. The quantitative estimate of drug-likeness (QED) is 0.413. The molecule has 0 spiro atoms. The number of hydrogen-bond donors (Lipinski definition) is 1. The molecular weight excluding hydrogens is 462 g/mol. The predicted molar refractivity (Wildman–Crippen MR) is 131 cm³/mol. The van der Waals surface area contributed by atoms with Gasteiger partial charge in [0.15, 0.2) is 5.69 Å². The molecule has 184 valence electrons. The van der Waals surface area contributed by atoms with Crippen molar-refractivity contribution in [3.8, 4) is 17.2 Å². The minimum Gasteiger partial charge on any atom is -0.347 e. The average molecular weight is 488 g/mol. The third-order valence-corrected chi connectivity index (χ3v) is 6.13. The summed E-state index contributed by atoms with van der Waals surface area (Å²) in [6, 6.07) is 17.1. The number of rotatable bonds is 7. The zero-order valence-electron chi connectivity index (χ0n) is 19.8. The van der Waals surface area contributed by atoms with Crippen molar-refractivity contribution < 1.29 is 9.32 Å². The number of fused-ring (bicyclic) bond motifs is 1. The minimum atomic E-state index is -0.659. The van der Waals surface area contributed by atoms with Crippen LogP contribution in [0.2, 0.25) is 0 Å². The second-order valence-electron chi connectivity index (χ2n) is 8.40. The molecule has 3 heterocycles. The third-order valence-electron chi connectivity index (χ3n) is 6.13. The van der Waals surface area contributed by atoms with Gasteiger partial charge in [0.05, 0.1) is 5.69 Å². The highest BCUT2D eigenvalue weighted by Crippen LogP contribution is 2.18. The van der Waals surface area contributed by atoms with Crippen molar-refractivity contribution in [2.24, 2.45) is 0 Å². The van der Waals surface area contributed by atoms with Gasteiger partial charge >= 0.3 is 17.5 Å². The van der Waals surface area contributed by atoms with Crippen LogP contribution >= 0.6 is 0 Å². The summed E-state index contributed by atoms with van der Waals surface area (Å²) in [5.74, 6) is -0.987. The van der Waals surface area contributed by atoms with Crippen LogP contribution in [0.1, 0.15) is 28.7 Å². The number of aromatic nitrogens is 5. The molecule has 2 aromatic carbocycles. The predicted octanol–water partition coefficient (Wildman–Crippen LogP) is 1.25. The van der Waals surface area contributed by atoms with Crippen molar-refractivity contribution in [2.75, 3.05) is 19.6 Å². The van der Waals surface area contributed by atoms with Gasteiger partial charge in [0, 0.05) is 32.7 Å². The van der Waals surface area contributed by atoms with E-state index >= 15 is 0 Å². The molecule has 1 N–H and O–H groups in total. The zero-order valence-corrected chi connectivity index (χ0v) is 19.8. The molecule has 1 aliphatic rings. The van der Waals surface area contributed by atoms with E-state index in [9.17, 15) is 14.4 Å². The standard InChI is InChI=1S/C25H25N7O4/c1-2-31-24(34)20(28-32(25(31)35)19-10-4-3-5-11-19)21-27-23(36-29-21)22(33)26-13-15-30-14-12-17-8-6-7-9-18(17)16-30/h3-11H,2,12-16H2,1H3,(H,26,33). The van der Waals surface area contributed by atoms with Gasteiger partial charge in [0.1, 0.15) is 0 Å². The van der Waals surface area contributed by atoms with Crippen LogP contribution in [0.5, 0.6) is 0 Å². The number of para-hydroxylation sites is 1. The van der Waals surface area contributed by atoms with Crippen molar-refractivity contribution in [1.82, 2.24) is 34.7 Å². The molecule has 5 rings (SSSR count). The van der Waals surface area contributed by atoms with Gasteiger partial charge in [-0.15, -0.1) is 0 Å². The topological polar surface area (TPSA) is 128 Å². The molecule has 11 heteroatoms. The molecule has 2 aromatic heterocycles. The van der Waals surface area contributed by atoms with Gasteiger partial charge in [0.2, 0.25) is 5.82 Å². The van der Waals surface area contributed by atoms with Gasteiger partial charge in [-0.1, -0.05) is 47.6 Å². The third kappa shape index (κ3) is 4.60. The Kier molecular flexibility index (Phi) is 6.54. The van der Waals surface area contributed by atoms with Crippen LogP contribution in [0.4, 0.5) is 0 Å². The summed E-state index contributed by atoms with van der Waals surface area (Å²) in [4.78, 5) is 44.6. The van der Waals surface area contributed by atoms with E-state index in [4.69, 9.17) is 4.52 Å². The van der Waals surface area contributed by atoms with Gasteiger partial charge in [-0.2, -0.15) is 14.8 Å². The van der Waals surface area contributed by atoms with Gasteiger partial charge in [-0.3, -0.25) is 19.1 Å². The lowest BCUT2D eigenvalue weighted by Crippen LogP contribution is -2.41. The number of hydrogen-bond acceptors (Lipinski definition) is 8. The van der Waals surface area contributed by atoms with E-state index in [2.05, 4.69) is 43.7 Å². The van der Waals surface area contributed by atoms with Crippen LogP contribution in [-0.4, -0.2) is 54.9 Å². The molecular formula is C25H25N7O4. The molecule has 0 aliphatic carbocycles. The average Bonchev–Trinajstić information content (AvgIpc) is 3.40. The second kappa shape index (κ2) is 10.1. The summed E-state index contributed by atoms with van der Waals surface area (Å²) in [6.45, 7) is 4.64. The first kappa shape index (κ1) is 23.4. The van der Waals surface area contributed by atoms with E-state index in [-0.39, 0.29) is 24.0 Å². The van der Waals surface area contributed by atoms with Gasteiger partial charge in [0.25, 0.3) is 5.56 Å². The first-order valence-corrected chi connectivity index (χ1v) is 11.8. The summed E-state index contributed by atoms with van der Waals surface area (Å²) in [5.41, 5.74) is 1.72. The maximum absolute atomic E-state index is 12.9. The molecule has 36 heavy (non-hydrogen) atoms. The Labute approximate surface area is 206 Å². The summed E-state index contributed by atoms with van der Waals surface area (Å²) in [7, 11) is 0. The normalized spacial score (nSPS) is 13.4. The second-order valence-corrected chi connectivity index (χ2v) is 8.40. The highest BCUT2D eigenvalue weighted by Gasteiger charge is 2.23. The SMILES string of the molecule is CCn1c(=O)c(-c2noc(C(=O)NCCN3CCc4ccccc4C3)n2)nn(-c2ccccc2)c1=O. The number of benzene rings is 2. The monoisotopic (exact) mass is 487 g/mol. The van der Waals surface area contributed by atoms with Gasteiger partial charge in [-0.05, 0) is 36.6 Å². The lowest BCUT2D eigenvalue weighted by atomic mass is 10.00. The van der Waals surface area contributed by atoms with Crippen LogP contribution in [0, 0.1) is 0 Å². The fourth-order valence-electron chi connectivity index (χ4n) is 4.23. The Morgan fingerprint density at radius 3 is 2.58 bits per heavy atom. The summed E-state index contributed by atoms with van der Waals surface area (Å²) < 4.78 is 7.25. The van der Waals surface area contributed by atoms with E-state index in [0.717, 1.165) is 28.8 Å². The number of carbonyl (C=O) groups is 1. The number of amides is 1. The van der Waals surface area contributed by atoms with Crippen LogP contribution in [0.3, 0.4) is 0 Å². The van der Waals surface area contributed by atoms with Crippen LogP contribution in [-0.2, 0) is 19.5 Å². The maximum atomic E-state index is 12.9.